The Kier molecular flexibility index (Phi) is 3.80. The lowest BCUT2D eigenvalue weighted by molar-refractivity contribution is -0.125. The van der Waals surface area contributed by atoms with Gasteiger partial charge in [-0.15, -0.1) is 12.4 Å². The number of amides is 4. The molecule has 1 aromatic rings. The van der Waals surface area contributed by atoms with Gasteiger partial charge < -0.3 is 5.73 Å². The average Bonchev–Trinajstić information content (AvgIpc) is 2.88. The Morgan fingerprint density at radius 3 is 2.48 bits per heavy atom. The highest BCUT2D eigenvalue weighted by molar-refractivity contribution is 6.24. The van der Waals surface area contributed by atoms with E-state index in [2.05, 4.69) is 5.32 Å². The maximum atomic E-state index is 12.4. The summed E-state index contributed by atoms with van der Waals surface area (Å²) >= 11 is 0. The SMILES string of the molecule is Cl.NCc1cccc2c1C(=O)N(C1CC(=O)NC1=O)C2=O. The van der Waals surface area contributed by atoms with E-state index in [-0.39, 0.29) is 36.5 Å². The smallest absolute Gasteiger partial charge is 0.262 e. The first-order valence-electron chi connectivity index (χ1n) is 6.08. The van der Waals surface area contributed by atoms with Crippen LogP contribution in [0.2, 0.25) is 0 Å². The van der Waals surface area contributed by atoms with E-state index in [1.807, 2.05) is 0 Å². The quantitative estimate of drug-likeness (QED) is 0.721. The molecule has 0 aromatic heterocycles. The third-order valence-corrected chi connectivity index (χ3v) is 3.51. The minimum atomic E-state index is -1.07. The molecule has 2 aliphatic rings. The van der Waals surface area contributed by atoms with Crippen molar-refractivity contribution in [3.63, 3.8) is 0 Å². The molecule has 0 bridgehead atoms. The molecule has 0 spiro atoms. The summed E-state index contributed by atoms with van der Waals surface area (Å²) in [6.45, 7) is 0.117. The van der Waals surface area contributed by atoms with Crippen molar-refractivity contribution in [2.45, 2.75) is 19.0 Å². The van der Waals surface area contributed by atoms with Gasteiger partial charge in [0.1, 0.15) is 6.04 Å². The van der Waals surface area contributed by atoms with Crippen molar-refractivity contribution in [1.29, 1.82) is 0 Å². The van der Waals surface area contributed by atoms with Gasteiger partial charge >= 0.3 is 0 Å². The summed E-state index contributed by atoms with van der Waals surface area (Å²) in [7, 11) is 0. The number of nitrogens with two attached hydrogens (primary N) is 1. The monoisotopic (exact) mass is 309 g/mol. The molecule has 2 heterocycles. The summed E-state index contributed by atoms with van der Waals surface area (Å²) in [5.74, 6) is -2.24. The molecule has 1 unspecified atom stereocenters. The Bertz CT molecular complexity index is 673. The van der Waals surface area contributed by atoms with Gasteiger partial charge in [0, 0.05) is 6.54 Å². The van der Waals surface area contributed by atoms with Gasteiger partial charge in [-0.05, 0) is 11.6 Å². The summed E-state index contributed by atoms with van der Waals surface area (Å²) in [4.78, 5) is 48.4. The van der Waals surface area contributed by atoms with Gasteiger partial charge in [0.25, 0.3) is 11.8 Å². The number of imide groups is 2. The number of benzene rings is 1. The lowest BCUT2D eigenvalue weighted by Gasteiger charge is -2.18. The first-order valence-corrected chi connectivity index (χ1v) is 6.08. The minimum absolute atomic E-state index is 0. The van der Waals surface area contributed by atoms with Crippen LogP contribution in [0.5, 0.6) is 0 Å². The lowest BCUT2D eigenvalue weighted by atomic mass is 10.0. The van der Waals surface area contributed by atoms with Crippen LogP contribution in [-0.4, -0.2) is 34.6 Å². The minimum Gasteiger partial charge on any atom is -0.326 e. The fraction of sp³-hybridized carbons (Fsp3) is 0.231. The number of fused-ring (bicyclic) bond motifs is 1. The molecule has 4 amide bonds. The van der Waals surface area contributed by atoms with E-state index in [0.29, 0.717) is 5.56 Å². The highest BCUT2D eigenvalue weighted by Crippen LogP contribution is 2.29. The first-order chi connectivity index (χ1) is 9.54. The summed E-state index contributed by atoms with van der Waals surface area (Å²) in [6, 6.07) is 3.74. The second-order valence-corrected chi connectivity index (χ2v) is 4.66. The molecule has 2 aliphatic heterocycles. The van der Waals surface area contributed by atoms with Crippen LogP contribution in [0.4, 0.5) is 0 Å². The molecular weight excluding hydrogens is 298 g/mol. The molecular formula is C13H12ClN3O4. The van der Waals surface area contributed by atoms with E-state index in [4.69, 9.17) is 5.73 Å². The van der Waals surface area contributed by atoms with Crippen LogP contribution in [-0.2, 0) is 16.1 Å². The van der Waals surface area contributed by atoms with E-state index in [1.165, 1.54) is 6.07 Å². The number of nitrogens with one attached hydrogen (secondary N) is 1. The number of halogens is 1. The molecule has 110 valence electrons. The van der Waals surface area contributed by atoms with Crippen molar-refractivity contribution < 1.29 is 19.2 Å². The van der Waals surface area contributed by atoms with Crippen LogP contribution in [0.3, 0.4) is 0 Å². The topological polar surface area (TPSA) is 110 Å². The summed E-state index contributed by atoms with van der Waals surface area (Å²) < 4.78 is 0. The van der Waals surface area contributed by atoms with Crippen LogP contribution < -0.4 is 11.1 Å². The maximum Gasteiger partial charge on any atom is 0.262 e. The number of hydrogen-bond donors (Lipinski definition) is 2. The standard InChI is InChI=1S/C13H11N3O4.ClH/c14-5-6-2-1-3-7-10(6)13(20)16(12(7)19)8-4-9(17)15-11(8)18;/h1-3,8H,4-5,14H2,(H,15,17,18);1H. The summed E-state index contributed by atoms with van der Waals surface area (Å²) in [5.41, 5.74) is 6.57. The predicted molar refractivity (Wildman–Crippen MR) is 73.6 cm³/mol. The predicted octanol–water partition coefficient (Wildman–Crippen LogP) is -0.422. The van der Waals surface area contributed by atoms with Crippen molar-refractivity contribution in [2.24, 2.45) is 5.73 Å². The molecule has 21 heavy (non-hydrogen) atoms. The highest BCUT2D eigenvalue weighted by atomic mass is 35.5. The molecule has 3 rings (SSSR count). The van der Waals surface area contributed by atoms with Gasteiger partial charge in [-0.25, -0.2) is 0 Å². The van der Waals surface area contributed by atoms with Crippen LogP contribution >= 0.6 is 12.4 Å². The van der Waals surface area contributed by atoms with Crippen molar-refractivity contribution in [2.75, 3.05) is 0 Å². The molecule has 7 nitrogen and oxygen atoms in total. The lowest BCUT2D eigenvalue weighted by Crippen LogP contribution is -2.44. The average molecular weight is 310 g/mol. The van der Waals surface area contributed by atoms with E-state index in [0.717, 1.165) is 4.90 Å². The Morgan fingerprint density at radius 1 is 1.19 bits per heavy atom. The number of rotatable bonds is 2. The van der Waals surface area contributed by atoms with Gasteiger partial charge in [-0.2, -0.15) is 0 Å². The van der Waals surface area contributed by atoms with E-state index < -0.39 is 29.7 Å². The molecule has 0 radical (unpaired) electrons. The molecule has 1 atom stereocenters. The molecule has 1 fully saturated rings. The van der Waals surface area contributed by atoms with Crippen molar-refractivity contribution in [3.8, 4) is 0 Å². The largest absolute Gasteiger partial charge is 0.326 e. The Balaban J connectivity index is 0.00000161. The van der Waals surface area contributed by atoms with E-state index in [9.17, 15) is 19.2 Å². The van der Waals surface area contributed by atoms with Crippen LogP contribution in [0.1, 0.15) is 32.7 Å². The van der Waals surface area contributed by atoms with Gasteiger partial charge in [0.05, 0.1) is 17.5 Å². The zero-order valence-electron chi connectivity index (χ0n) is 10.8. The Labute approximate surface area is 125 Å². The normalized spacial score (nSPS) is 20.4. The van der Waals surface area contributed by atoms with Crippen molar-refractivity contribution in [1.82, 2.24) is 10.2 Å². The Morgan fingerprint density at radius 2 is 1.90 bits per heavy atom. The number of nitrogens with zero attached hydrogens (tertiary/aromatic N) is 1. The molecule has 0 aliphatic carbocycles. The summed E-state index contributed by atoms with van der Waals surface area (Å²) in [5, 5.41) is 2.09. The first kappa shape index (κ1) is 15.1. The zero-order chi connectivity index (χ0) is 14.4. The molecule has 1 saturated heterocycles. The molecule has 8 heteroatoms. The number of hydrogen-bond acceptors (Lipinski definition) is 5. The van der Waals surface area contributed by atoms with Crippen molar-refractivity contribution in [3.05, 3.63) is 34.9 Å². The number of carbonyl (C=O) groups excluding carboxylic acids is 4. The van der Waals surface area contributed by atoms with Gasteiger partial charge in [0.2, 0.25) is 11.8 Å². The molecule has 1 aromatic carbocycles. The van der Waals surface area contributed by atoms with E-state index in [1.54, 1.807) is 12.1 Å². The maximum absolute atomic E-state index is 12.4. The van der Waals surface area contributed by atoms with Crippen molar-refractivity contribution >= 4 is 36.0 Å². The highest BCUT2D eigenvalue weighted by Gasteiger charge is 2.47. The third-order valence-electron chi connectivity index (χ3n) is 3.51. The Hall–Kier alpha value is -2.25. The van der Waals surface area contributed by atoms with Gasteiger partial charge in [-0.1, -0.05) is 12.1 Å². The number of carbonyl (C=O) groups is 4. The fourth-order valence-electron chi connectivity index (χ4n) is 2.58. The molecule has 3 N–H and O–H groups in total. The second kappa shape index (κ2) is 5.27. The second-order valence-electron chi connectivity index (χ2n) is 4.66. The van der Waals surface area contributed by atoms with Gasteiger partial charge in [0.15, 0.2) is 0 Å². The molecule has 0 saturated carbocycles. The van der Waals surface area contributed by atoms with E-state index >= 15 is 0 Å². The van der Waals surface area contributed by atoms with Gasteiger partial charge in [-0.3, -0.25) is 29.4 Å². The van der Waals surface area contributed by atoms with Crippen LogP contribution in [0.15, 0.2) is 18.2 Å². The fourth-order valence-corrected chi connectivity index (χ4v) is 2.58. The zero-order valence-corrected chi connectivity index (χ0v) is 11.6. The summed E-state index contributed by atoms with van der Waals surface area (Å²) in [6.07, 6.45) is -0.192. The third kappa shape index (κ3) is 2.10. The van der Waals surface area contributed by atoms with Crippen LogP contribution in [0.25, 0.3) is 0 Å². The van der Waals surface area contributed by atoms with Crippen LogP contribution in [0, 0.1) is 0 Å².